The molecule has 0 saturated heterocycles. The monoisotopic (exact) mass is 542 g/mol. The van der Waals surface area contributed by atoms with Gasteiger partial charge in [-0.25, -0.2) is 4.98 Å². The number of amides is 2. The van der Waals surface area contributed by atoms with Crippen LogP contribution in [0.2, 0.25) is 0 Å². The van der Waals surface area contributed by atoms with E-state index >= 15 is 0 Å². The van der Waals surface area contributed by atoms with Crippen LogP contribution in [-0.2, 0) is 4.79 Å². The van der Waals surface area contributed by atoms with Crippen molar-refractivity contribution in [2.24, 2.45) is 11.8 Å². The maximum atomic E-state index is 13.3. The highest BCUT2D eigenvalue weighted by Crippen LogP contribution is 2.44. The standard InChI is InChI=1S/C29H28N4O2S.CH2O2/c1-17-6-2-4-8-23(17)31-27-25(33-29(35)22-16-36-26-9-5-3-7-21(22)26)14-20(15-30-27)28(34)32-24-13-18-10-11-19(24)12-18;2-1-3/h2-9,14-16,18-19,24H,10-13H2,1H3,(H,30,31)(H,32,34)(H,33,35);1H,(H,2,3). The number of nitrogens with one attached hydrogen (secondary N) is 3. The first kappa shape index (κ1) is 26.4. The predicted molar refractivity (Wildman–Crippen MR) is 154 cm³/mol. The Hall–Kier alpha value is -4.24. The second-order valence-electron chi connectivity index (χ2n) is 10.0. The lowest BCUT2D eigenvalue weighted by Crippen LogP contribution is -2.38. The zero-order valence-electron chi connectivity index (χ0n) is 21.5. The van der Waals surface area contributed by atoms with E-state index in [-0.39, 0.29) is 24.3 Å². The third-order valence-electron chi connectivity index (χ3n) is 7.58. The molecule has 2 amide bonds. The Balaban J connectivity index is 0.000000983. The Bertz CT molecular complexity index is 1520. The first-order valence-corrected chi connectivity index (χ1v) is 13.8. The highest BCUT2D eigenvalue weighted by Gasteiger charge is 2.40. The van der Waals surface area contributed by atoms with E-state index in [0.717, 1.165) is 33.7 Å². The number of thiophene rings is 1. The molecule has 2 aliphatic rings. The van der Waals surface area contributed by atoms with Crippen molar-refractivity contribution < 1.29 is 19.5 Å². The first-order valence-electron chi connectivity index (χ1n) is 13.0. The lowest BCUT2D eigenvalue weighted by atomic mass is 9.95. The number of carbonyl (C=O) groups is 3. The highest BCUT2D eigenvalue weighted by molar-refractivity contribution is 7.17. The van der Waals surface area contributed by atoms with Crippen LogP contribution in [0.1, 0.15) is 52.0 Å². The van der Waals surface area contributed by atoms with Gasteiger partial charge in [-0.3, -0.25) is 14.4 Å². The molecule has 8 nitrogen and oxygen atoms in total. The van der Waals surface area contributed by atoms with Gasteiger partial charge in [-0.2, -0.15) is 0 Å². The quantitative estimate of drug-likeness (QED) is 0.215. The summed E-state index contributed by atoms with van der Waals surface area (Å²) in [6.45, 7) is 1.76. The van der Waals surface area contributed by atoms with Gasteiger partial charge in [-0.05, 0) is 61.8 Å². The molecule has 6 rings (SSSR count). The summed E-state index contributed by atoms with van der Waals surface area (Å²) in [5.41, 5.74) is 3.46. The molecule has 2 aromatic carbocycles. The third-order valence-corrected chi connectivity index (χ3v) is 8.54. The lowest BCUT2D eigenvalue weighted by molar-refractivity contribution is -0.122. The van der Waals surface area contributed by atoms with Gasteiger partial charge in [0.1, 0.15) is 0 Å². The Labute approximate surface area is 230 Å². The predicted octanol–water partition coefficient (Wildman–Crippen LogP) is 6.22. The average molecular weight is 543 g/mol. The number of fused-ring (bicyclic) bond motifs is 3. The number of anilines is 3. The molecule has 3 unspecified atom stereocenters. The van der Waals surface area contributed by atoms with Gasteiger partial charge in [-0.1, -0.05) is 42.8 Å². The van der Waals surface area contributed by atoms with Crippen molar-refractivity contribution in [3.05, 3.63) is 82.9 Å². The molecule has 2 saturated carbocycles. The Morgan fingerprint density at radius 1 is 1.03 bits per heavy atom. The van der Waals surface area contributed by atoms with E-state index in [1.807, 2.05) is 60.8 Å². The Kier molecular flexibility index (Phi) is 7.88. The van der Waals surface area contributed by atoms with E-state index in [2.05, 4.69) is 20.9 Å². The molecule has 4 N–H and O–H groups in total. The van der Waals surface area contributed by atoms with Gasteiger partial charge in [0.15, 0.2) is 5.82 Å². The fourth-order valence-corrected chi connectivity index (χ4v) is 6.58. The van der Waals surface area contributed by atoms with E-state index in [1.165, 1.54) is 30.6 Å². The number of hydrogen-bond acceptors (Lipinski definition) is 6. The van der Waals surface area contributed by atoms with Crippen molar-refractivity contribution in [1.82, 2.24) is 10.3 Å². The van der Waals surface area contributed by atoms with E-state index in [4.69, 9.17) is 9.90 Å². The smallest absolute Gasteiger partial charge is 0.290 e. The van der Waals surface area contributed by atoms with Gasteiger partial charge in [0, 0.05) is 33.4 Å². The number of pyridine rings is 1. The third kappa shape index (κ3) is 5.78. The number of benzene rings is 2. The van der Waals surface area contributed by atoms with Crippen LogP contribution in [0.25, 0.3) is 10.1 Å². The zero-order chi connectivity index (χ0) is 27.4. The lowest BCUT2D eigenvalue weighted by Gasteiger charge is -2.23. The minimum Gasteiger partial charge on any atom is -0.483 e. The van der Waals surface area contributed by atoms with Crippen LogP contribution in [0.4, 0.5) is 17.2 Å². The normalized spacial score (nSPS) is 19.2. The van der Waals surface area contributed by atoms with Crippen LogP contribution >= 0.6 is 11.3 Å². The molecular weight excluding hydrogens is 512 g/mol. The van der Waals surface area contributed by atoms with Gasteiger partial charge in [0.05, 0.1) is 16.8 Å². The van der Waals surface area contributed by atoms with Crippen molar-refractivity contribution in [2.45, 2.75) is 38.6 Å². The van der Waals surface area contributed by atoms with Gasteiger partial charge in [0.2, 0.25) is 0 Å². The number of carbonyl (C=O) groups excluding carboxylic acids is 2. The second kappa shape index (κ2) is 11.7. The molecule has 0 spiro atoms. The number of aromatic nitrogens is 1. The largest absolute Gasteiger partial charge is 0.483 e. The molecule has 9 heteroatoms. The number of nitrogens with zero attached hydrogens (tertiary/aromatic N) is 1. The van der Waals surface area contributed by atoms with E-state index < -0.39 is 0 Å². The molecule has 39 heavy (non-hydrogen) atoms. The van der Waals surface area contributed by atoms with Crippen molar-refractivity contribution in [1.29, 1.82) is 0 Å². The van der Waals surface area contributed by atoms with Gasteiger partial charge < -0.3 is 21.1 Å². The molecule has 200 valence electrons. The zero-order valence-corrected chi connectivity index (χ0v) is 22.3. The molecule has 2 bridgehead atoms. The number of hydrogen-bond donors (Lipinski definition) is 4. The van der Waals surface area contributed by atoms with Crippen LogP contribution in [0.3, 0.4) is 0 Å². The van der Waals surface area contributed by atoms with E-state index in [9.17, 15) is 9.59 Å². The summed E-state index contributed by atoms with van der Waals surface area (Å²) in [6, 6.07) is 17.7. The van der Waals surface area contributed by atoms with Crippen LogP contribution in [-0.4, -0.2) is 34.4 Å². The van der Waals surface area contributed by atoms with Gasteiger partial charge in [0.25, 0.3) is 18.3 Å². The minimum absolute atomic E-state index is 0.140. The summed E-state index contributed by atoms with van der Waals surface area (Å²) in [7, 11) is 0. The number of carboxylic acid groups (broad SMARTS) is 1. The van der Waals surface area contributed by atoms with E-state index in [0.29, 0.717) is 28.6 Å². The summed E-state index contributed by atoms with van der Waals surface area (Å²) in [5, 5.41) is 19.3. The SMILES string of the molecule is Cc1ccccc1Nc1ncc(C(=O)NC2CC3CCC2C3)cc1NC(=O)c1csc2ccccc12.O=CO. The molecule has 0 radical (unpaired) electrons. The average Bonchev–Trinajstić information content (AvgIpc) is 3.67. The maximum absolute atomic E-state index is 13.3. The Morgan fingerprint density at radius 3 is 2.54 bits per heavy atom. The molecule has 4 aromatic rings. The minimum atomic E-state index is -0.250. The van der Waals surface area contributed by atoms with Crippen LogP contribution in [0, 0.1) is 18.8 Å². The maximum Gasteiger partial charge on any atom is 0.290 e. The van der Waals surface area contributed by atoms with Crippen molar-refractivity contribution >= 4 is 56.9 Å². The van der Waals surface area contributed by atoms with Crippen molar-refractivity contribution in [3.63, 3.8) is 0 Å². The van der Waals surface area contributed by atoms with Crippen molar-refractivity contribution in [3.8, 4) is 0 Å². The highest BCUT2D eigenvalue weighted by atomic mass is 32.1. The molecule has 2 heterocycles. The summed E-state index contributed by atoms with van der Waals surface area (Å²) in [5.74, 6) is 1.45. The van der Waals surface area contributed by atoms with Crippen LogP contribution in [0.5, 0.6) is 0 Å². The fourth-order valence-electron chi connectivity index (χ4n) is 5.64. The number of para-hydroxylation sites is 1. The molecule has 2 fully saturated rings. The first-order chi connectivity index (χ1) is 19.0. The molecule has 0 aliphatic heterocycles. The molecule has 2 aliphatic carbocycles. The second-order valence-corrected chi connectivity index (χ2v) is 10.9. The molecular formula is C30H30N4O4S. The van der Waals surface area contributed by atoms with E-state index in [1.54, 1.807) is 12.3 Å². The van der Waals surface area contributed by atoms with Crippen LogP contribution < -0.4 is 16.0 Å². The van der Waals surface area contributed by atoms with Crippen LogP contribution in [0.15, 0.2) is 66.2 Å². The van der Waals surface area contributed by atoms with Gasteiger partial charge in [-0.15, -0.1) is 11.3 Å². The summed E-state index contributed by atoms with van der Waals surface area (Å²) < 4.78 is 1.05. The number of aryl methyl sites for hydroxylation is 1. The topological polar surface area (TPSA) is 120 Å². The summed E-state index contributed by atoms with van der Waals surface area (Å²) in [6.07, 6.45) is 6.34. The summed E-state index contributed by atoms with van der Waals surface area (Å²) in [4.78, 5) is 39.4. The summed E-state index contributed by atoms with van der Waals surface area (Å²) >= 11 is 1.54. The van der Waals surface area contributed by atoms with Crippen molar-refractivity contribution in [2.75, 3.05) is 10.6 Å². The van der Waals surface area contributed by atoms with Gasteiger partial charge >= 0.3 is 0 Å². The molecule has 2 aromatic heterocycles. The molecule has 3 atom stereocenters. The number of rotatable bonds is 6. The fraction of sp³-hybridized carbons (Fsp3) is 0.267. The Morgan fingerprint density at radius 2 is 1.79 bits per heavy atom.